The molecule has 1 fully saturated rings. The van der Waals surface area contributed by atoms with E-state index in [9.17, 15) is 14.4 Å². The molecule has 98 valence electrons. The molecule has 0 bridgehead atoms. The summed E-state index contributed by atoms with van der Waals surface area (Å²) in [6.07, 6.45) is 0.186. The Labute approximate surface area is 108 Å². The minimum Gasteiger partial charge on any atom is -0.315 e. The van der Waals surface area contributed by atoms with Crippen molar-refractivity contribution in [3.05, 3.63) is 20.7 Å². The van der Waals surface area contributed by atoms with Crippen molar-refractivity contribution < 1.29 is 9.59 Å². The molecule has 18 heavy (non-hydrogen) atoms. The molecule has 0 spiro atoms. The minimum atomic E-state index is -0.483. The molecule has 1 saturated heterocycles. The predicted octanol–water partition coefficient (Wildman–Crippen LogP) is 0.0619. The first kappa shape index (κ1) is 13.0. The lowest BCUT2D eigenvalue weighted by Gasteiger charge is -2.19. The largest absolute Gasteiger partial charge is 0.315 e. The molecule has 0 aromatic carbocycles. The highest BCUT2D eigenvalue weighted by Gasteiger charge is 2.39. The van der Waals surface area contributed by atoms with Gasteiger partial charge in [0.15, 0.2) is 0 Å². The van der Waals surface area contributed by atoms with Gasteiger partial charge in [0.05, 0.1) is 12.5 Å². The molecule has 1 aliphatic rings. The van der Waals surface area contributed by atoms with Crippen molar-refractivity contribution in [3.8, 4) is 0 Å². The summed E-state index contributed by atoms with van der Waals surface area (Å²) in [6, 6.07) is -0.596. The van der Waals surface area contributed by atoms with Crippen molar-refractivity contribution in [1.82, 2.24) is 15.2 Å². The van der Waals surface area contributed by atoms with Crippen molar-refractivity contribution >= 4 is 23.2 Å². The Morgan fingerprint density at radius 3 is 2.72 bits per heavy atom. The molecule has 1 aromatic rings. The van der Waals surface area contributed by atoms with Crippen molar-refractivity contribution in [1.29, 1.82) is 0 Å². The van der Waals surface area contributed by atoms with Crippen LogP contribution in [-0.2, 0) is 16.1 Å². The summed E-state index contributed by atoms with van der Waals surface area (Å²) >= 11 is 1.08. The van der Waals surface area contributed by atoms with Gasteiger partial charge in [-0.05, 0) is 13.8 Å². The standard InChI is InChI=1S/C11H15N3O3S/c1-6(2)14-9(15)3-8(10(14)16)12-4-7-5-18-11(17)13-7/h5-6,8,12H,3-4H2,1-2H3,(H,13,17). The molecular weight excluding hydrogens is 254 g/mol. The molecule has 1 unspecified atom stereocenters. The Balaban J connectivity index is 1.97. The molecule has 2 amide bonds. The van der Waals surface area contributed by atoms with Crippen LogP contribution in [0.4, 0.5) is 0 Å². The van der Waals surface area contributed by atoms with E-state index < -0.39 is 6.04 Å². The zero-order valence-corrected chi connectivity index (χ0v) is 11.0. The minimum absolute atomic E-state index is 0.113. The number of rotatable bonds is 4. The predicted molar refractivity (Wildman–Crippen MR) is 67.2 cm³/mol. The van der Waals surface area contributed by atoms with Crippen LogP contribution in [0.1, 0.15) is 26.0 Å². The molecule has 1 atom stereocenters. The number of nitrogens with one attached hydrogen (secondary N) is 2. The van der Waals surface area contributed by atoms with Gasteiger partial charge >= 0.3 is 4.87 Å². The van der Waals surface area contributed by atoms with E-state index in [-0.39, 0.29) is 29.1 Å². The number of imide groups is 1. The average molecular weight is 269 g/mol. The zero-order chi connectivity index (χ0) is 13.3. The van der Waals surface area contributed by atoms with E-state index in [0.717, 1.165) is 17.0 Å². The number of carbonyl (C=O) groups excluding carboxylic acids is 2. The van der Waals surface area contributed by atoms with Gasteiger partial charge in [0.1, 0.15) is 0 Å². The highest BCUT2D eigenvalue weighted by molar-refractivity contribution is 7.07. The Bertz CT molecular complexity index is 520. The third-order valence-corrected chi connectivity index (χ3v) is 3.53. The smallest absolute Gasteiger partial charge is 0.304 e. The fraction of sp³-hybridized carbons (Fsp3) is 0.545. The number of aromatic nitrogens is 1. The number of amides is 2. The van der Waals surface area contributed by atoms with Crippen LogP contribution >= 0.6 is 11.3 Å². The number of nitrogens with zero attached hydrogens (tertiary/aromatic N) is 1. The lowest BCUT2D eigenvalue weighted by molar-refractivity contribution is -0.140. The Hall–Kier alpha value is -1.47. The van der Waals surface area contributed by atoms with Crippen molar-refractivity contribution in [3.63, 3.8) is 0 Å². The summed E-state index contributed by atoms with van der Waals surface area (Å²) in [4.78, 5) is 38.4. The maximum absolute atomic E-state index is 12.0. The highest BCUT2D eigenvalue weighted by atomic mass is 32.1. The SMILES string of the molecule is CC(C)N1C(=O)CC(NCc2csc(=O)[nH]2)C1=O. The molecule has 2 rings (SSSR count). The van der Waals surface area contributed by atoms with Crippen molar-refractivity contribution in [2.45, 2.75) is 38.9 Å². The lowest BCUT2D eigenvalue weighted by Crippen LogP contribution is -2.41. The first-order valence-corrected chi connectivity index (χ1v) is 6.63. The average Bonchev–Trinajstić information content (AvgIpc) is 2.80. The number of hydrogen-bond acceptors (Lipinski definition) is 5. The van der Waals surface area contributed by atoms with E-state index in [1.165, 1.54) is 4.90 Å². The second-order valence-electron chi connectivity index (χ2n) is 4.51. The van der Waals surface area contributed by atoms with E-state index in [0.29, 0.717) is 6.54 Å². The normalized spacial score (nSPS) is 20.2. The lowest BCUT2D eigenvalue weighted by atomic mass is 10.2. The van der Waals surface area contributed by atoms with E-state index in [1.54, 1.807) is 5.38 Å². The van der Waals surface area contributed by atoms with Crippen molar-refractivity contribution in [2.75, 3.05) is 0 Å². The molecule has 0 aliphatic carbocycles. The fourth-order valence-electron chi connectivity index (χ4n) is 1.99. The monoisotopic (exact) mass is 269 g/mol. The Morgan fingerprint density at radius 2 is 2.22 bits per heavy atom. The van der Waals surface area contributed by atoms with Crippen LogP contribution in [0.3, 0.4) is 0 Å². The summed E-state index contributed by atoms with van der Waals surface area (Å²) in [7, 11) is 0. The number of H-pyrrole nitrogens is 1. The first-order chi connectivity index (χ1) is 8.49. The van der Waals surface area contributed by atoms with Gasteiger partial charge in [0, 0.05) is 23.7 Å². The molecule has 2 N–H and O–H groups in total. The summed E-state index contributed by atoms with van der Waals surface area (Å²) in [6.45, 7) is 4.01. The molecular formula is C11H15N3O3S. The molecule has 2 heterocycles. The molecule has 0 radical (unpaired) electrons. The van der Waals surface area contributed by atoms with E-state index in [1.807, 2.05) is 13.8 Å². The second-order valence-corrected chi connectivity index (χ2v) is 5.35. The summed E-state index contributed by atoms with van der Waals surface area (Å²) in [5.74, 6) is -0.334. The van der Waals surface area contributed by atoms with Gasteiger partial charge in [-0.25, -0.2) is 0 Å². The first-order valence-electron chi connectivity index (χ1n) is 5.75. The number of carbonyl (C=O) groups is 2. The zero-order valence-electron chi connectivity index (χ0n) is 10.2. The van der Waals surface area contributed by atoms with Crippen LogP contribution in [-0.4, -0.2) is 33.8 Å². The number of thiazole rings is 1. The van der Waals surface area contributed by atoms with Crippen LogP contribution < -0.4 is 10.2 Å². The molecule has 0 saturated carbocycles. The van der Waals surface area contributed by atoms with Crippen LogP contribution in [0.25, 0.3) is 0 Å². The van der Waals surface area contributed by atoms with Gasteiger partial charge in [0.25, 0.3) is 0 Å². The Morgan fingerprint density at radius 1 is 1.50 bits per heavy atom. The summed E-state index contributed by atoms with van der Waals surface area (Å²) in [5.41, 5.74) is 0.730. The quantitative estimate of drug-likeness (QED) is 0.757. The van der Waals surface area contributed by atoms with Crippen LogP contribution in [0.2, 0.25) is 0 Å². The van der Waals surface area contributed by atoms with Crippen LogP contribution in [0.5, 0.6) is 0 Å². The highest BCUT2D eigenvalue weighted by Crippen LogP contribution is 2.16. The van der Waals surface area contributed by atoms with Gasteiger partial charge in [0.2, 0.25) is 11.8 Å². The van der Waals surface area contributed by atoms with E-state index in [2.05, 4.69) is 10.3 Å². The van der Waals surface area contributed by atoms with E-state index in [4.69, 9.17) is 0 Å². The number of aromatic amines is 1. The molecule has 7 heteroatoms. The third kappa shape index (κ3) is 2.51. The van der Waals surface area contributed by atoms with Crippen LogP contribution in [0, 0.1) is 0 Å². The maximum Gasteiger partial charge on any atom is 0.304 e. The van der Waals surface area contributed by atoms with Gasteiger partial charge < -0.3 is 4.98 Å². The summed E-state index contributed by atoms with van der Waals surface area (Å²) in [5, 5.41) is 4.71. The molecule has 6 nitrogen and oxygen atoms in total. The molecule has 1 aliphatic heterocycles. The van der Waals surface area contributed by atoms with Gasteiger partial charge in [-0.15, -0.1) is 0 Å². The number of likely N-dealkylation sites (tertiary alicyclic amines) is 1. The topological polar surface area (TPSA) is 82.3 Å². The van der Waals surface area contributed by atoms with Gasteiger partial charge in [-0.3, -0.25) is 24.6 Å². The van der Waals surface area contributed by atoms with E-state index >= 15 is 0 Å². The Kier molecular flexibility index (Phi) is 3.63. The van der Waals surface area contributed by atoms with Gasteiger partial charge in [-0.1, -0.05) is 11.3 Å². The number of hydrogen-bond donors (Lipinski definition) is 2. The summed E-state index contributed by atoms with van der Waals surface area (Å²) < 4.78 is 0. The maximum atomic E-state index is 12.0. The fourth-order valence-corrected chi connectivity index (χ4v) is 2.57. The van der Waals surface area contributed by atoms with Crippen molar-refractivity contribution in [2.24, 2.45) is 0 Å². The third-order valence-electron chi connectivity index (χ3n) is 2.81. The molecule has 1 aromatic heterocycles. The van der Waals surface area contributed by atoms with Crippen LogP contribution in [0.15, 0.2) is 10.2 Å². The second kappa shape index (κ2) is 5.03. The van der Waals surface area contributed by atoms with Gasteiger partial charge in [-0.2, -0.15) is 0 Å².